The van der Waals surface area contributed by atoms with Crippen LogP contribution in [-0.2, 0) is 14.3 Å². The largest absolute Gasteiger partial charge is 0.462 e. The predicted octanol–water partition coefficient (Wildman–Crippen LogP) is 4.61. The Labute approximate surface area is 175 Å². The minimum atomic E-state index is -0.722. The summed E-state index contributed by atoms with van der Waals surface area (Å²) in [7, 11) is 0. The first-order chi connectivity index (χ1) is 13.3. The number of benzene rings is 2. The van der Waals surface area contributed by atoms with Crippen molar-refractivity contribution in [3.63, 3.8) is 0 Å². The van der Waals surface area contributed by atoms with Crippen molar-refractivity contribution in [2.45, 2.75) is 6.92 Å². The van der Waals surface area contributed by atoms with Crippen molar-refractivity contribution in [3.05, 3.63) is 68.8 Å². The van der Waals surface area contributed by atoms with Crippen LogP contribution in [0.25, 0.3) is 0 Å². The molecule has 0 radical (unpaired) electrons. The van der Waals surface area contributed by atoms with Crippen LogP contribution in [-0.4, -0.2) is 24.4 Å². The van der Waals surface area contributed by atoms with Gasteiger partial charge in [0.25, 0.3) is 11.8 Å². The highest BCUT2D eigenvalue weighted by atomic mass is 35.5. The second-order valence-electron chi connectivity index (χ2n) is 5.66. The van der Waals surface area contributed by atoms with Gasteiger partial charge in [0.2, 0.25) is 0 Å². The van der Waals surface area contributed by atoms with Crippen LogP contribution in [0.15, 0.2) is 53.2 Å². The minimum absolute atomic E-state index is 0.126. The van der Waals surface area contributed by atoms with Crippen molar-refractivity contribution in [2.24, 2.45) is 0 Å². The lowest BCUT2D eigenvalue weighted by Gasteiger charge is -2.16. The number of rotatable bonds is 5. The van der Waals surface area contributed by atoms with E-state index in [1.165, 1.54) is 24.3 Å². The summed E-state index contributed by atoms with van der Waals surface area (Å²) in [6, 6.07) is 10.7. The zero-order valence-electron chi connectivity index (χ0n) is 14.5. The first-order valence-electron chi connectivity index (χ1n) is 8.11. The summed E-state index contributed by atoms with van der Waals surface area (Å²) in [6.45, 7) is 1.93. The maximum absolute atomic E-state index is 12.8. The number of carbonyl (C=O) groups is 3. The molecule has 2 aromatic rings. The van der Waals surface area contributed by atoms with Gasteiger partial charge in [0.15, 0.2) is 0 Å². The Morgan fingerprint density at radius 2 is 1.82 bits per heavy atom. The number of nitrogens with zero attached hydrogens (tertiary/aromatic N) is 1. The molecule has 6 nitrogen and oxygen atoms in total. The normalized spacial score (nSPS) is 13.9. The molecule has 2 amide bonds. The monoisotopic (exact) mass is 438 g/mol. The molecular formula is C19H13Cl3N2O4. The van der Waals surface area contributed by atoms with Crippen molar-refractivity contribution in [3.8, 4) is 0 Å². The molecular weight excluding hydrogens is 427 g/mol. The maximum Gasteiger partial charge on any atom is 0.338 e. The van der Waals surface area contributed by atoms with Crippen LogP contribution >= 0.6 is 34.8 Å². The van der Waals surface area contributed by atoms with Crippen molar-refractivity contribution in [2.75, 3.05) is 16.8 Å². The van der Waals surface area contributed by atoms with E-state index >= 15 is 0 Å². The number of anilines is 2. The Morgan fingerprint density at radius 3 is 2.50 bits per heavy atom. The quantitative estimate of drug-likeness (QED) is 0.544. The van der Waals surface area contributed by atoms with Gasteiger partial charge in [-0.2, -0.15) is 0 Å². The topological polar surface area (TPSA) is 75.7 Å². The molecule has 0 aromatic heterocycles. The molecule has 1 aliphatic rings. The van der Waals surface area contributed by atoms with Crippen LogP contribution in [0.2, 0.25) is 10.0 Å². The molecule has 1 aliphatic heterocycles. The fourth-order valence-corrected chi connectivity index (χ4v) is 3.28. The molecule has 1 N–H and O–H groups in total. The Kier molecular flexibility index (Phi) is 5.93. The molecule has 28 heavy (non-hydrogen) atoms. The van der Waals surface area contributed by atoms with Crippen LogP contribution in [0.4, 0.5) is 11.4 Å². The van der Waals surface area contributed by atoms with E-state index in [0.29, 0.717) is 10.7 Å². The summed E-state index contributed by atoms with van der Waals surface area (Å²) in [5, 5.41) is 2.99. The lowest BCUT2D eigenvalue weighted by atomic mass is 10.2. The van der Waals surface area contributed by atoms with Crippen LogP contribution in [0.1, 0.15) is 17.3 Å². The van der Waals surface area contributed by atoms with Gasteiger partial charge in [-0.3, -0.25) is 9.59 Å². The van der Waals surface area contributed by atoms with Crippen molar-refractivity contribution >= 4 is 64.0 Å². The molecule has 0 fully saturated rings. The molecule has 0 unspecified atom stereocenters. The van der Waals surface area contributed by atoms with E-state index in [-0.39, 0.29) is 33.6 Å². The van der Waals surface area contributed by atoms with Gasteiger partial charge >= 0.3 is 5.97 Å². The molecule has 3 rings (SSSR count). The molecule has 2 aromatic carbocycles. The van der Waals surface area contributed by atoms with Gasteiger partial charge in [-0.1, -0.05) is 40.9 Å². The SMILES string of the molecule is CCOC(=O)c1cccc(NC2=C(Cl)C(=O)N(c3ccc(Cl)cc3Cl)C2=O)c1. The number of esters is 1. The highest BCUT2D eigenvalue weighted by Gasteiger charge is 2.39. The van der Waals surface area contributed by atoms with Crippen LogP contribution in [0.5, 0.6) is 0 Å². The van der Waals surface area contributed by atoms with E-state index in [4.69, 9.17) is 39.5 Å². The van der Waals surface area contributed by atoms with E-state index in [9.17, 15) is 14.4 Å². The summed E-state index contributed by atoms with van der Waals surface area (Å²) >= 11 is 18.1. The third-order valence-electron chi connectivity index (χ3n) is 3.82. The Balaban J connectivity index is 1.89. The zero-order chi connectivity index (χ0) is 20.4. The number of hydrogen-bond acceptors (Lipinski definition) is 5. The Bertz CT molecular complexity index is 1020. The maximum atomic E-state index is 12.8. The predicted molar refractivity (Wildman–Crippen MR) is 108 cm³/mol. The van der Waals surface area contributed by atoms with Gasteiger partial charge in [0.05, 0.1) is 22.9 Å². The Hall–Kier alpha value is -2.54. The van der Waals surface area contributed by atoms with Gasteiger partial charge in [-0.25, -0.2) is 9.69 Å². The molecule has 0 atom stereocenters. The van der Waals surface area contributed by atoms with E-state index in [1.54, 1.807) is 25.1 Å². The number of hydrogen-bond donors (Lipinski definition) is 1. The number of halogens is 3. The van der Waals surface area contributed by atoms with Gasteiger partial charge in [0.1, 0.15) is 10.7 Å². The van der Waals surface area contributed by atoms with Crippen molar-refractivity contribution in [1.82, 2.24) is 0 Å². The second kappa shape index (κ2) is 8.22. The molecule has 0 bridgehead atoms. The first-order valence-corrected chi connectivity index (χ1v) is 9.24. The minimum Gasteiger partial charge on any atom is -0.462 e. The van der Waals surface area contributed by atoms with Gasteiger partial charge in [-0.15, -0.1) is 0 Å². The average molecular weight is 440 g/mol. The van der Waals surface area contributed by atoms with E-state index < -0.39 is 17.8 Å². The lowest BCUT2D eigenvalue weighted by molar-refractivity contribution is -0.120. The fourth-order valence-electron chi connectivity index (χ4n) is 2.58. The summed E-state index contributed by atoms with van der Waals surface area (Å²) in [4.78, 5) is 38.1. The van der Waals surface area contributed by atoms with E-state index in [0.717, 1.165) is 4.90 Å². The molecule has 9 heteroatoms. The molecule has 0 saturated heterocycles. The number of ether oxygens (including phenoxy) is 1. The van der Waals surface area contributed by atoms with Crippen molar-refractivity contribution < 1.29 is 19.1 Å². The first kappa shape index (κ1) is 20.2. The number of nitrogens with one attached hydrogen (secondary N) is 1. The second-order valence-corrected chi connectivity index (χ2v) is 6.88. The highest BCUT2D eigenvalue weighted by Crippen LogP contribution is 2.35. The third-order valence-corrected chi connectivity index (χ3v) is 4.71. The van der Waals surface area contributed by atoms with Gasteiger partial charge in [0, 0.05) is 10.7 Å². The number of imide groups is 1. The average Bonchev–Trinajstić information content (AvgIpc) is 2.86. The van der Waals surface area contributed by atoms with E-state index in [2.05, 4.69) is 5.32 Å². The lowest BCUT2D eigenvalue weighted by Crippen LogP contribution is -2.32. The zero-order valence-corrected chi connectivity index (χ0v) is 16.7. The fraction of sp³-hybridized carbons (Fsp3) is 0.105. The molecule has 0 saturated carbocycles. The van der Waals surface area contributed by atoms with Crippen LogP contribution < -0.4 is 10.2 Å². The summed E-state index contributed by atoms with van der Waals surface area (Å²) in [5.41, 5.74) is 0.719. The van der Waals surface area contributed by atoms with Gasteiger partial charge in [-0.05, 0) is 43.3 Å². The highest BCUT2D eigenvalue weighted by molar-refractivity contribution is 6.53. The smallest absolute Gasteiger partial charge is 0.338 e. The molecule has 0 spiro atoms. The standard InChI is InChI=1S/C19H13Cl3N2O4/c1-2-28-19(27)10-4-3-5-12(8-10)23-16-15(22)17(25)24(18(16)26)14-7-6-11(20)9-13(14)21/h3-9,23H,2H2,1H3. The summed E-state index contributed by atoms with van der Waals surface area (Å²) < 4.78 is 4.95. The molecule has 1 heterocycles. The molecule has 144 valence electrons. The number of carbonyl (C=O) groups excluding carboxylic acids is 3. The van der Waals surface area contributed by atoms with Crippen LogP contribution in [0.3, 0.4) is 0 Å². The Morgan fingerprint density at radius 1 is 1.07 bits per heavy atom. The van der Waals surface area contributed by atoms with Gasteiger partial charge < -0.3 is 10.1 Å². The number of amides is 2. The summed E-state index contributed by atoms with van der Waals surface area (Å²) in [5.74, 6) is -1.91. The summed E-state index contributed by atoms with van der Waals surface area (Å²) in [6.07, 6.45) is 0. The molecule has 0 aliphatic carbocycles. The van der Waals surface area contributed by atoms with E-state index in [1.807, 2.05) is 0 Å². The third kappa shape index (κ3) is 3.85. The van der Waals surface area contributed by atoms with Crippen LogP contribution in [0, 0.1) is 0 Å². The van der Waals surface area contributed by atoms with Crippen molar-refractivity contribution in [1.29, 1.82) is 0 Å².